The second-order valence-corrected chi connectivity index (χ2v) is 6.20. The van der Waals surface area contributed by atoms with E-state index in [2.05, 4.69) is 32.0 Å². The van der Waals surface area contributed by atoms with Gasteiger partial charge in [-0.25, -0.2) is 0 Å². The second-order valence-electron chi connectivity index (χ2n) is 5.12. The van der Waals surface area contributed by atoms with E-state index in [1.807, 2.05) is 12.1 Å². The average Bonchev–Trinajstić information content (AvgIpc) is 2.84. The number of hydrogen-bond donors (Lipinski definition) is 0. The van der Waals surface area contributed by atoms with Crippen LogP contribution in [-0.2, 0) is 17.6 Å². The lowest BCUT2D eigenvalue weighted by Crippen LogP contribution is -2.06. The number of ether oxygens (including phenoxy) is 1. The van der Waals surface area contributed by atoms with Crippen LogP contribution in [0, 0.1) is 0 Å². The monoisotopic (exact) mass is 298 g/mol. The first-order chi connectivity index (χ1) is 10.2. The van der Waals surface area contributed by atoms with Crippen molar-refractivity contribution in [2.75, 3.05) is 0 Å². The molecule has 0 fully saturated rings. The smallest absolute Gasteiger partial charge is 0.308 e. The fourth-order valence-corrected chi connectivity index (χ4v) is 4.07. The quantitative estimate of drug-likeness (QED) is 0.496. The summed E-state index contributed by atoms with van der Waals surface area (Å²) in [5, 5.41) is 2.26. The van der Waals surface area contributed by atoms with Crippen LogP contribution >= 0.6 is 11.3 Å². The summed E-state index contributed by atoms with van der Waals surface area (Å²) in [5.41, 5.74) is 2.43. The number of carbonyl (C=O) groups is 1. The van der Waals surface area contributed by atoms with Crippen LogP contribution in [0.4, 0.5) is 0 Å². The van der Waals surface area contributed by atoms with Gasteiger partial charge >= 0.3 is 5.97 Å². The predicted octanol–water partition coefficient (Wildman–Crippen LogP) is 5.10. The Morgan fingerprint density at radius 3 is 2.57 bits per heavy atom. The Labute approximate surface area is 128 Å². The fourth-order valence-electron chi connectivity index (χ4n) is 2.90. The van der Waals surface area contributed by atoms with Crippen LogP contribution in [0.3, 0.4) is 0 Å². The zero-order chi connectivity index (χ0) is 15.0. The van der Waals surface area contributed by atoms with E-state index in [1.165, 1.54) is 27.3 Å². The lowest BCUT2D eigenvalue weighted by molar-refractivity contribution is -0.131. The molecule has 0 amide bonds. The minimum absolute atomic E-state index is 0.255. The SMILES string of the molecule is CCc1cc2sc3ccccc3c2c(OC(C)=O)c1CC. The van der Waals surface area contributed by atoms with E-state index in [0.29, 0.717) is 0 Å². The van der Waals surface area contributed by atoms with E-state index in [0.717, 1.165) is 29.5 Å². The summed E-state index contributed by atoms with van der Waals surface area (Å²) in [5.74, 6) is 0.506. The highest BCUT2D eigenvalue weighted by atomic mass is 32.1. The highest BCUT2D eigenvalue weighted by Gasteiger charge is 2.18. The molecule has 0 radical (unpaired) electrons. The Morgan fingerprint density at radius 1 is 1.14 bits per heavy atom. The molecule has 0 aliphatic heterocycles. The summed E-state index contributed by atoms with van der Waals surface area (Å²) in [6.45, 7) is 5.73. The minimum Gasteiger partial charge on any atom is -0.426 e. The van der Waals surface area contributed by atoms with E-state index in [-0.39, 0.29) is 5.97 Å². The number of rotatable bonds is 3. The molecule has 21 heavy (non-hydrogen) atoms. The van der Waals surface area contributed by atoms with Gasteiger partial charge < -0.3 is 4.74 Å². The fraction of sp³-hybridized carbons (Fsp3) is 0.278. The molecule has 0 atom stereocenters. The van der Waals surface area contributed by atoms with Crippen LogP contribution in [0.5, 0.6) is 5.75 Å². The molecule has 1 heterocycles. The molecule has 2 nitrogen and oxygen atoms in total. The minimum atomic E-state index is -0.255. The predicted molar refractivity (Wildman–Crippen MR) is 89.4 cm³/mol. The molecule has 3 aromatic rings. The summed E-state index contributed by atoms with van der Waals surface area (Å²) in [6, 6.07) is 10.6. The Hall–Kier alpha value is -1.87. The number of thiophene rings is 1. The highest BCUT2D eigenvalue weighted by Crippen LogP contribution is 2.43. The van der Waals surface area contributed by atoms with Crippen molar-refractivity contribution in [1.82, 2.24) is 0 Å². The topological polar surface area (TPSA) is 26.3 Å². The number of carbonyl (C=O) groups excluding carboxylic acids is 1. The van der Waals surface area contributed by atoms with Gasteiger partial charge in [0.15, 0.2) is 0 Å². The van der Waals surface area contributed by atoms with Crippen molar-refractivity contribution >= 4 is 37.5 Å². The summed E-state index contributed by atoms with van der Waals surface area (Å²) in [7, 11) is 0. The Balaban J connectivity index is 2.46. The molecule has 108 valence electrons. The van der Waals surface area contributed by atoms with Crippen LogP contribution in [-0.4, -0.2) is 5.97 Å². The van der Waals surface area contributed by atoms with Gasteiger partial charge in [0.2, 0.25) is 0 Å². The molecule has 0 saturated carbocycles. The molecular weight excluding hydrogens is 280 g/mol. The third-order valence-electron chi connectivity index (χ3n) is 3.80. The lowest BCUT2D eigenvalue weighted by atomic mass is 9.98. The second kappa shape index (κ2) is 5.49. The van der Waals surface area contributed by atoms with E-state index in [4.69, 9.17) is 4.74 Å². The highest BCUT2D eigenvalue weighted by molar-refractivity contribution is 7.25. The maximum absolute atomic E-state index is 11.6. The zero-order valence-corrected chi connectivity index (χ0v) is 13.3. The summed E-state index contributed by atoms with van der Waals surface area (Å²) in [4.78, 5) is 11.6. The molecule has 0 bridgehead atoms. The van der Waals surface area contributed by atoms with Crippen molar-refractivity contribution in [3.63, 3.8) is 0 Å². The van der Waals surface area contributed by atoms with Crippen molar-refractivity contribution in [3.05, 3.63) is 41.5 Å². The molecule has 0 aliphatic carbocycles. The maximum Gasteiger partial charge on any atom is 0.308 e. The molecule has 3 rings (SSSR count). The number of benzene rings is 2. The molecule has 2 aromatic carbocycles. The van der Waals surface area contributed by atoms with Gasteiger partial charge in [-0.1, -0.05) is 32.0 Å². The van der Waals surface area contributed by atoms with Crippen molar-refractivity contribution in [2.24, 2.45) is 0 Å². The summed E-state index contributed by atoms with van der Waals surface area (Å²) in [6.07, 6.45) is 1.81. The molecule has 0 aliphatic rings. The van der Waals surface area contributed by atoms with Crippen LogP contribution in [0.2, 0.25) is 0 Å². The maximum atomic E-state index is 11.6. The van der Waals surface area contributed by atoms with Gasteiger partial charge in [0.1, 0.15) is 5.75 Å². The van der Waals surface area contributed by atoms with Crippen molar-refractivity contribution in [3.8, 4) is 5.75 Å². The van der Waals surface area contributed by atoms with E-state index >= 15 is 0 Å². The first kappa shape index (κ1) is 14.1. The molecule has 0 unspecified atom stereocenters. The standard InChI is InChI=1S/C18H18O2S/c1-4-12-10-16-17(14-8-6-7-9-15(14)21-16)18(13(12)5-2)20-11(3)19/h6-10H,4-5H2,1-3H3. The third kappa shape index (κ3) is 2.32. The molecular formula is C18H18O2S. The van der Waals surface area contributed by atoms with Crippen molar-refractivity contribution in [2.45, 2.75) is 33.6 Å². The number of aryl methyl sites for hydroxylation is 1. The van der Waals surface area contributed by atoms with Gasteiger partial charge in [-0.15, -0.1) is 11.3 Å². The summed E-state index contributed by atoms with van der Waals surface area (Å²) < 4.78 is 8.05. The van der Waals surface area contributed by atoms with Crippen LogP contribution in [0.1, 0.15) is 31.9 Å². The Kier molecular flexibility index (Phi) is 3.68. The van der Waals surface area contributed by atoms with Crippen LogP contribution < -0.4 is 4.74 Å². The van der Waals surface area contributed by atoms with Gasteiger partial charge in [0.05, 0.1) is 0 Å². The molecule has 0 N–H and O–H groups in total. The molecule has 1 aromatic heterocycles. The van der Waals surface area contributed by atoms with Crippen LogP contribution in [0.15, 0.2) is 30.3 Å². The largest absolute Gasteiger partial charge is 0.426 e. The number of hydrogen-bond acceptors (Lipinski definition) is 3. The first-order valence-corrected chi connectivity index (χ1v) is 8.11. The first-order valence-electron chi connectivity index (χ1n) is 7.30. The van der Waals surface area contributed by atoms with Gasteiger partial charge in [-0.2, -0.15) is 0 Å². The Morgan fingerprint density at radius 2 is 1.90 bits per heavy atom. The van der Waals surface area contributed by atoms with E-state index in [1.54, 1.807) is 11.3 Å². The number of fused-ring (bicyclic) bond motifs is 3. The molecule has 3 heteroatoms. The van der Waals surface area contributed by atoms with Gasteiger partial charge in [-0.3, -0.25) is 4.79 Å². The van der Waals surface area contributed by atoms with Gasteiger partial charge in [0.25, 0.3) is 0 Å². The number of esters is 1. The van der Waals surface area contributed by atoms with Crippen LogP contribution in [0.25, 0.3) is 20.2 Å². The Bertz CT molecular complexity index is 830. The normalized spacial score (nSPS) is 11.2. The molecule has 0 saturated heterocycles. The van der Waals surface area contributed by atoms with Crippen molar-refractivity contribution in [1.29, 1.82) is 0 Å². The van der Waals surface area contributed by atoms with E-state index < -0.39 is 0 Å². The van der Waals surface area contributed by atoms with Gasteiger partial charge in [0, 0.05) is 27.1 Å². The third-order valence-corrected chi connectivity index (χ3v) is 4.91. The van der Waals surface area contributed by atoms with Gasteiger partial charge in [-0.05, 0) is 36.1 Å². The van der Waals surface area contributed by atoms with E-state index in [9.17, 15) is 4.79 Å². The average molecular weight is 298 g/mol. The zero-order valence-electron chi connectivity index (χ0n) is 12.5. The summed E-state index contributed by atoms with van der Waals surface area (Å²) >= 11 is 1.76. The molecule has 0 spiro atoms. The van der Waals surface area contributed by atoms with Crippen molar-refractivity contribution < 1.29 is 9.53 Å². The lowest BCUT2D eigenvalue weighted by Gasteiger charge is -2.14.